The number of benzene rings is 3. The van der Waals surface area contributed by atoms with Gasteiger partial charge in [-0.15, -0.1) is 0 Å². The molecular weight excluding hydrogens is 565 g/mol. The van der Waals surface area contributed by atoms with Crippen LogP contribution in [0.4, 0.5) is 32.4 Å². The number of carbonyl (C=O) groups is 3. The zero-order chi connectivity index (χ0) is 30.7. The second kappa shape index (κ2) is 12.5. The van der Waals surface area contributed by atoms with E-state index in [2.05, 4.69) is 5.32 Å². The summed E-state index contributed by atoms with van der Waals surface area (Å²) in [6.07, 6.45) is 0. The quantitative estimate of drug-likeness (QED) is 0.267. The van der Waals surface area contributed by atoms with Crippen LogP contribution < -0.4 is 15.0 Å². The third kappa shape index (κ3) is 6.29. The maximum atomic E-state index is 15.0. The molecule has 222 valence electrons. The fourth-order valence-corrected chi connectivity index (χ4v) is 4.42. The van der Waals surface area contributed by atoms with E-state index in [1.165, 1.54) is 24.1 Å². The number of ether oxygens (including phenoxy) is 2. The third-order valence-electron chi connectivity index (χ3n) is 6.77. The highest BCUT2D eigenvalue weighted by Gasteiger charge is 2.35. The molecule has 0 saturated heterocycles. The predicted octanol–water partition coefficient (Wildman–Crippen LogP) is 5.39. The van der Waals surface area contributed by atoms with Gasteiger partial charge < -0.3 is 19.7 Å². The summed E-state index contributed by atoms with van der Waals surface area (Å²) in [4.78, 5) is 40.1. The van der Waals surface area contributed by atoms with E-state index >= 15 is 8.78 Å². The van der Waals surface area contributed by atoms with Crippen molar-refractivity contribution in [2.75, 3.05) is 25.2 Å². The Morgan fingerprint density at radius 2 is 1.55 bits per heavy atom. The molecule has 0 aromatic heterocycles. The second-order valence-electron chi connectivity index (χ2n) is 9.42. The Bertz CT molecular complexity index is 1500. The predicted molar refractivity (Wildman–Crippen MR) is 140 cm³/mol. The molecule has 0 saturated carbocycles. The minimum absolute atomic E-state index is 0.00473. The van der Waals surface area contributed by atoms with Crippen molar-refractivity contribution in [1.82, 2.24) is 10.2 Å². The monoisotopic (exact) mass is 591 g/mol. The van der Waals surface area contributed by atoms with Crippen LogP contribution in [0.1, 0.15) is 46.9 Å². The molecular formula is C29H26F5N3O5. The molecule has 4 rings (SSSR count). The Labute approximate surface area is 237 Å². The number of fused-ring (bicyclic) bond motifs is 1. The van der Waals surface area contributed by atoms with Crippen LogP contribution in [0.2, 0.25) is 0 Å². The molecule has 13 heteroatoms. The van der Waals surface area contributed by atoms with Crippen LogP contribution in [-0.4, -0.2) is 43.1 Å². The number of hydrogen-bond donors (Lipinski definition) is 1. The summed E-state index contributed by atoms with van der Waals surface area (Å²) in [7, 11) is 1.51. The highest BCUT2D eigenvalue weighted by molar-refractivity contribution is 5.99. The largest absolute Gasteiger partial charge is 0.482 e. The van der Waals surface area contributed by atoms with Crippen molar-refractivity contribution >= 4 is 23.6 Å². The standard InChI is InChI=1S/C29H26F5N3O5/c1-4-41-27(38)14-42-18-10-24(33)21(25(34)11-18)13-37-26-7-16(5-6-19(26)15(2)36(3)29(37)40)28(39)35-12-20-22(31)8-17(30)9-23(20)32/h5-11,15H,4,12-14H2,1-3H3,(H,35,39)/t15-/m0/s1. The van der Waals surface area contributed by atoms with E-state index in [0.29, 0.717) is 17.7 Å². The lowest BCUT2D eigenvalue weighted by Gasteiger charge is -2.39. The van der Waals surface area contributed by atoms with Crippen molar-refractivity contribution in [3.8, 4) is 5.75 Å². The Hall–Kier alpha value is -4.68. The van der Waals surface area contributed by atoms with Crippen LogP contribution in [0.25, 0.3) is 0 Å². The molecule has 1 aliphatic heterocycles. The minimum atomic E-state index is -1.17. The highest BCUT2D eigenvalue weighted by atomic mass is 19.2. The molecule has 1 aliphatic rings. The summed E-state index contributed by atoms with van der Waals surface area (Å²) in [6.45, 7) is 1.72. The molecule has 1 heterocycles. The van der Waals surface area contributed by atoms with Gasteiger partial charge in [0.1, 0.15) is 34.8 Å². The Kier molecular flexibility index (Phi) is 8.98. The first-order chi connectivity index (χ1) is 19.9. The van der Waals surface area contributed by atoms with Crippen LogP contribution >= 0.6 is 0 Å². The second-order valence-corrected chi connectivity index (χ2v) is 9.42. The van der Waals surface area contributed by atoms with Crippen LogP contribution in [0.15, 0.2) is 42.5 Å². The van der Waals surface area contributed by atoms with E-state index in [1.54, 1.807) is 19.9 Å². The van der Waals surface area contributed by atoms with Crippen LogP contribution in [-0.2, 0) is 22.6 Å². The summed E-state index contributed by atoms with van der Waals surface area (Å²) < 4.78 is 81.1. The fraction of sp³-hybridized carbons (Fsp3) is 0.276. The average Bonchev–Trinajstić information content (AvgIpc) is 2.93. The number of halogens is 5. The first-order valence-corrected chi connectivity index (χ1v) is 12.8. The van der Waals surface area contributed by atoms with Gasteiger partial charge in [0.25, 0.3) is 5.91 Å². The molecule has 42 heavy (non-hydrogen) atoms. The Morgan fingerprint density at radius 1 is 0.929 bits per heavy atom. The summed E-state index contributed by atoms with van der Waals surface area (Å²) in [5.74, 6) is -7.27. The lowest BCUT2D eigenvalue weighted by molar-refractivity contribution is -0.145. The lowest BCUT2D eigenvalue weighted by Crippen LogP contribution is -2.47. The topological polar surface area (TPSA) is 88.2 Å². The van der Waals surface area contributed by atoms with Crippen molar-refractivity contribution in [2.45, 2.75) is 33.0 Å². The molecule has 0 bridgehead atoms. The number of amides is 3. The van der Waals surface area contributed by atoms with E-state index in [9.17, 15) is 27.6 Å². The van der Waals surface area contributed by atoms with Gasteiger partial charge in [0.05, 0.1) is 24.9 Å². The van der Waals surface area contributed by atoms with Crippen molar-refractivity contribution in [1.29, 1.82) is 0 Å². The number of carbonyl (C=O) groups excluding carboxylic acids is 3. The van der Waals surface area contributed by atoms with E-state index in [1.807, 2.05) is 0 Å². The first-order valence-electron chi connectivity index (χ1n) is 12.8. The third-order valence-corrected chi connectivity index (χ3v) is 6.77. The molecule has 0 radical (unpaired) electrons. The van der Waals surface area contributed by atoms with E-state index < -0.39 is 83.9 Å². The van der Waals surface area contributed by atoms with Gasteiger partial charge in [-0.25, -0.2) is 31.5 Å². The van der Waals surface area contributed by atoms with E-state index in [4.69, 9.17) is 9.47 Å². The zero-order valence-electron chi connectivity index (χ0n) is 22.8. The summed E-state index contributed by atoms with van der Waals surface area (Å²) in [5.41, 5.74) is -0.263. The van der Waals surface area contributed by atoms with Crippen molar-refractivity contribution < 1.29 is 45.8 Å². The van der Waals surface area contributed by atoms with Crippen LogP contribution in [0.5, 0.6) is 5.75 Å². The fourth-order valence-electron chi connectivity index (χ4n) is 4.42. The molecule has 8 nitrogen and oxygen atoms in total. The maximum Gasteiger partial charge on any atom is 0.344 e. The maximum absolute atomic E-state index is 15.0. The zero-order valence-corrected chi connectivity index (χ0v) is 22.8. The minimum Gasteiger partial charge on any atom is -0.482 e. The van der Waals surface area contributed by atoms with Crippen molar-refractivity contribution in [2.24, 2.45) is 0 Å². The van der Waals surface area contributed by atoms with Crippen LogP contribution in [0.3, 0.4) is 0 Å². The molecule has 3 aromatic rings. The molecule has 1 atom stereocenters. The summed E-state index contributed by atoms with van der Waals surface area (Å²) in [5, 5.41) is 2.35. The number of esters is 1. The summed E-state index contributed by atoms with van der Waals surface area (Å²) >= 11 is 0. The number of hydrogen-bond acceptors (Lipinski definition) is 5. The van der Waals surface area contributed by atoms with Gasteiger partial charge in [-0.05, 0) is 31.5 Å². The molecule has 3 amide bonds. The Morgan fingerprint density at radius 3 is 2.17 bits per heavy atom. The van der Waals surface area contributed by atoms with Crippen molar-refractivity contribution in [3.63, 3.8) is 0 Å². The molecule has 0 spiro atoms. The van der Waals surface area contributed by atoms with E-state index in [0.717, 1.165) is 17.0 Å². The number of rotatable bonds is 9. The summed E-state index contributed by atoms with van der Waals surface area (Å²) in [6, 6.07) is 5.97. The molecule has 0 unspecified atom stereocenters. The molecule has 3 aromatic carbocycles. The molecule has 1 N–H and O–H groups in total. The molecule has 0 fully saturated rings. The number of nitrogens with one attached hydrogen (secondary N) is 1. The van der Waals surface area contributed by atoms with Gasteiger partial charge in [-0.2, -0.15) is 0 Å². The van der Waals surface area contributed by atoms with Gasteiger partial charge >= 0.3 is 12.0 Å². The first kappa shape index (κ1) is 30.3. The number of urea groups is 1. The van der Waals surface area contributed by atoms with Gasteiger partial charge in [0.2, 0.25) is 0 Å². The van der Waals surface area contributed by atoms with E-state index in [-0.39, 0.29) is 23.6 Å². The average molecular weight is 592 g/mol. The van der Waals surface area contributed by atoms with Crippen molar-refractivity contribution in [3.05, 3.63) is 93.8 Å². The van der Waals surface area contributed by atoms with Crippen LogP contribution in [0, 0.1) is 29.1 Å². The van der Waals surface area contributed by atoms with Gasteiger partial charge in [-0.1, -0.05) is 6.07 Å². The highest BCUT2D eigenvalue weighted by Crippen LogP contribution is 2.38. The number of nitrogens with zero attached hydrogens (tertiary/aromatic N) is 2. The number of anilines is 1. The lowest BCUT2D eigenvalue weighted by atomic mass is 9.98. The van der Waals surface area contributed by atoms with Gasteiger partial charge in [0, 0.05) is 54.5 Å². The SMILES string of the molecule is CCOC(=O)COc1cc(F)c(CN2C(=O)N(C)[C@@H](C)c3ccc(C(=O)NCc4c(F)cc(F)cc4F)cc32)c(F)c1. The van der Waals surface area contributed by atoms with Gasteiger partial charge in [0.15, 0.2) is 6.61 Å². The molecule has 0 aliphatic carbocycles. The smallest absolute Gasteiger partial charge is 0.344 e. The van der Waals surface area contributed by atoms with Gasteiger partial charge in [-0.3, -0.25) is 9.69 Å². The normalized spacial score (nSPS) is 14.5. The Balaban J connectivity index is 1.60.